The number of rotatable bonds is 7. The molecule has 1 aliphatic heterocycles. The lowest BCUT2D eigenvalue weighted by Gasteiger charge is -2.38. The monoisotopic (exact) mass is 527 g/mol. The number of halogens is 3. The molecule has 4 rings (SSSR count). The molecule has 1 aromatic heterocycles. The van der Waals surface area contributed by atoms with Gasteiger partial charge in [-0.25, -0.2) is 4.79 Å². The zero-order valence-corrected chi connectivity index (χ0v) is 21.4. The van der Waals surface area contributed by atoms with Crippen molar-refractivity contribution in [3.63, 3.8) is 0 Å². The first kappa shape index (κ1) is 27.4. The zero-order valence-electron chi connectivity index (χ0n) is 21.4. The number of carbonyl (C=O) groups excluding carboxylic acids is 1. The van der Waals surface area contributed by atoms with Crippen molar-refractivity contribution < 1.29 is 23.1 Å². The summed E-state index contributed by atoms with van der Waals surface area (Å²) in [5.74, 6) is 0. The lowest BCUT2D eigenvalue weighted by molar-refractivity contribution is -0.258. The van der Waals surface area contributed by atoms with E-state index in [0.29, 0.717) is 24.0 Å². The third kappa shape index (κ3) is 6.62. The van der Waals surface area contributed by atoms with Crippen LogP contribution in [0.25, 0.3) is 0 Å². The minimum atomic E-state index is -4.73. The number of amides is 2. The molecule has 3 aromatic rings. The van der Waals surface area contributed by atoms with Crippen LogP contribution in [0.4, 0.5) is 35.0 Å². The number of pyridine rings is 1. The number of alkyl halides is 3. The molecule has 1 unspecified atom stereocenters. The predicted molar refractivity (Wildman–Crippen MR) is 142 cm³/mol. The zero-order chi connectivity index (χ0) is 27.3. The average molecular weight is 528 g/mol. The number of aromatic nitrogens is 1. The van der Waals surface area contributed by atoms with E-state index in [2.05, 4.69) is 32.5 Å². The van der Waals surface area contributed by atoms with E-state index in [1.165, 1.54) is 12.1 Å². The van der Waals surface area contributed by atoms with Crippen molar-refractivity contribution in [3.05, 3.63) is 84.2 Å². The molecule has 10 heteroatoms. The summed E-state index contributed by atoms with van der Waals surface area (Å²) >= 11 is 0. The van der Waals surface area contributed by atoms with Gasteiger partial charge in [-0.05, 0) is 67.3 Å². The number of hydrogen-bond donors (Lipinski definition) is 3. The second-order valence-electron chi connectivity index (χ2n) is 9.75. The predicted octanol–water partition coefficient (Wildman–Crippen LogP) is 5.60. The van der Waals surface area contributed by atoms with E-state index in [9.17, 15) is 23.1 Å². The summed E-state index contributed by atoms with van der Waals surface area (Å²) < 4.78 is 39.2. The molecule has 0 saturated carbocycles. The summed E-state index contributed by atoms with van der Waals surface area (Å²) in [7, 11) is 2.06. The highest BCUT2D eigenvalue weighted by Crippen LogP contribution is 2.38. The number of anilines is 3. The maximum atomic E-state index is 13.1. The molecule has 2 amide bonds. The van der Waals surface area contributed by atoms with Crippen LogP contribution in [-0.2, 0) is 12.1 Å². The summed E-state index contributed by atoms with van der Waals surface area (Å²) in [5.41, 5.74) is 0.281. The molecule has 1 fully saturated rings. The van der Waals surface area contributed by atoms with E-state index in [-0.39, 0.29) is 11.6 Å². The third-order valence-corrected chi connectivity index (χ3v) is 7.05. The third-order valence-electron chi connectivity index (χ3n) is 7.05. The first-order valence-corrected chi connectivity index (χ1v) is 12.4. The van der Waals surface area contributed by atoms with Crippen molar-refractivity contribution in [2.75, 3.05) is 35.7 Å². The topological polar surface area (TPSA) is 80.7 Å². The van der Waals surface area contributed by atoms with Crippen molar-refractivity contribution in [2.24, 2.45) is 0 Å². The lowest BCUT2D eigenvalue weighted by atomic mass is 9.94. The SMILES string of the molecule is CN(c1ccc(NC(=O)Nc2ccncc2)cc1)C1CCN(Cc2ccc(C(C)(O)C(F)(F)F)cc2)CC1. The Morgan fingerprint density at radius 3 is 2.08 bits per heavy atom. The Kier molecular flexibility index (Phi) is 8.23. The number of hydrogen-bond acceptors (Lipinski definition) is 5. The fourth-order valence-electron chi connectivity index (χ4n) is 4.54. The van der Waals surface area contributed by atoms with Crippen LogP contribution in [0.3, 0.4) is 0 Å². The largest absolute Gasteiger partial charge is 0.421 e. The number of urea groups is 1. The van der Waals surface area contributed by atoms with Gasteiger partial charge in [0.2, 0.25) is 0 Å². The number of carbonyl (C=O) groups is 1. The van der Waals surface area contributed by atoms with Gasteiger partial charge in [-0.3, -0.25) is 9.88 Å². The van der Waals surface area contributed by atoms with Crippen molar-refractivity contribution in [3.8, 4) is 0 Å². The first-order valence-electron chi connectivity index (χ1n) is 12.4. The summed E-state index contributed by atoms with van der Waals surface area (Å²) in [6, 6.07) is 17.1. The van der Waals surface area contributed by atoms with Gasteiger partial charge < -0.3 is 20.6 Å². The van der Waals surface area contributed by atoms with Crippen molar-refractivity contribution in [2.45, 2.75) is 44.1 Å². The van der Waals surface area contributed by atoms with Gasteiger partial charge in [0.1, 0.15) is 0 Å². The maximum Gasteiger partial charge on any atom is 0.421 e. The van der Waals surface area contributed by atoms with Gasteiger partial charge in [0.05, 0.1) is 0 Å². The molecule has 1 atom stereocenters. The van der Waals surface area contributed by atoms with Crippen molar-refractivity contribution >= 4 is 23.1 Å². The number of likely N-dealkylation sites (tertiary alicyclic amines) is 1. The van der Waals surface area contributed by atoms with E-state index in [1.807, 2.05) is 24.3 Å². The Bertz CT molecular complexity index is 1190. The highest BCUT2D eigenvalue weighted by molar-refractivity contribution is 5.99. The van der Waals surface area contributed by atoms with Crippen LogP contribution < -0.4 is 15.5 Å². The lowest BCUT2D eigenvalue weighted by Crippen LogP contribution is -2.43. The molecule has 3 N–H and O–H groups in total. The normalized spacial score (nSPS) is 16.5. The standard InChI is InChI=1S/C28H32F3N5O2/c1-27(38,28(29,30)31)21-5-3-20(4-6-21)19-36-17-13-25(14-18-36)35(2)24-9-7-22(8-10-24)33-26(37)34-23-11-15-32-16-12-23/h3-12,15-16,25,38H,13-14,17-19H2,1-2H3,(H2,32,33,34,37). The molecular weight excluding hydrogens is 495 g/mol. The molecule has 202 valence electrons. The van der Waals surface area contributed by atoms with Gasteiger partial charge in [-0.1, -0.05) is 24.3 Å². The number of nitrogens with zero attached hydrogens (tertiary/aromatic N) is 3. The second-order valence-corrected chi connectivity index (χ2v) is 9.75. The molecule has 0 radical (unpaired) electrons. The van der Waals surface area contributed by atoms with E-state index in [4.69, 9.17) is 0 Å². The van der Waals surface area contributed by atoms with Crippen LogP contribution >= 0.6 is 0 Å². The van der Waals surface area contributed by atoms with Gasteiger partial charge in [0.15, 0.2) is 5.60 Å². The molecule has 1 aliphatic rings. The molecule has 2 aromatic carbocycles. The quantitative estimate of drug-likeness (QED) is 0.373. The van der Waals surface area contributed by atoms with Crippen LogP contribution in [0.15, 0.2) is 73.1 Å². The highest BCUT2D eigenvalue weighted by Gasteiger charge is 2.51. The minimum absolute atomic E-state index is 0.162. The Morgan fingerprint density at radius 1 is 0.974 bits per heavy atom. The van der Waals surface area contributed by atoms with Gasteiger partial charge in [-0.2, -0.15) is 13.2 Å². The summed E-state index contributed by atoms with van der Waals surface area (Å²) in [5, 5.41) is 15.4. The van der Waals surface area contributed by atoms with E-state index in [1.54, 1.807) is 36.7 Å². The van der Waals surface area contributed by atoms with Gasteiger partial charge in [-0.15, -0.1) is 0 Å². The van der Waals surface area contributed by atoms with Gasteiger partial charge in [0.25, 0.3) is 0 Å². The van der Waals surface area contributed by atoms with Crippen molar-refractivity contribution in [1.82, 2.24) is 9.88 Å². The second kappa shape index (κ2) is 11.4. The number of piperidine rings is 1. The molecule has 0 bridgehead atoms. The van der Waals surface area contributed by atoms with Gasteiger partial charge >= 0.3 is 12.2 Å². The van der Waals surface area contributed by atoms with Gasteiger partial charge in [0, 0.05) is 62.2 Å². The molecule has 1 saturated heterocycles. The molecule has 7 nitrogen and oxygen atoms in total. The fraction of sp³-hybridized carbons (Fsp3) is 0.357. The van der Waals surface area contributed by atoms with Crippen molar-refractivity contribution in [1.29, 1.82) is 0 Å². The molecular formula is C28H32F3N5O2. The number of nitrogens with one attached hydrogen (secondary N) is 2. The molecule has 0 spiro atoms. The van der Waals surface area contributed by atoms with Crippen LogP contribution in [0, 0.1) is 0 Å². The molecule has 2 heterocycles. The number of aliphatic hydroxyl groups is 1. The maximum absolute atomic E-state index is 13.1. The Hall–Kier alpha value is -3.63. The minimum Gasteiger partial charge on any atom is -0.376 e. The van der Waals surface area contributed by atoms with E-state index >= 15 is 0 Å². The summed E-state index contributed by atoms with van der Waals surface area (Å²) in [4.78, 5) is 20.6. The van der Waals surface area contributed by atoms with E-state index in [0.717, 1.165) is 44.1 Å². The van der Waals surface area contributed by atoms with Crippen LogP contribution in [0.5, 0.6) is 0 Å². The average Bonchev–Trinajstić information content (AvgIpc) is 2.89. The highest BCUT2D eigenvalue weighted by atomic mass is 19.4. The van der Waals surface area contributed by atoms with Crippen LogP contribution in [0.2, 0.25) is 0 Å². The number of benzene rings is 2. The Morgan fingerprint density at radius 2 is 1.53 bits per heavy atom. The fourth-order valence-corrected chi connectivity index (χ4v) is 4.54. The summed E-state index contributed by atoms with van der Waals surface area (Å²) in [6.45, 7) is 3.15. The van der Waals surface area contributed by atoms with Crippen LogP contribution in [-0.4, -0.2) is 53.4 Å². The summed E-state index contributed by atoms with van der Waals surface area (Å²) in [6.07, 6.45) is 0.386. The molecule has 38 heavy (non-hydrogen) atoms. The first-order chi connectivity index (χ1) is 18.0. The van der Waals surface area contributed by atoms with Crippen LogP contribution in [0.1, 0.15) is 30.9 Å². The van der Waals surface area contributed by atoms with E-state index < -0.39 is 11.8 Å². The Balaban J connectivity index is 1.25. The Labute approximate surface area is 220 Å². The smallest absolute Gasteiger partial charge is 0.376 e. The molecule has 0 aliphatic carbocycles.